The van der Waals surface area contributed by atoms with Gasteiger partial charge in [0.1, 0.15) is 11.6 Å². The molecular formula is C24H32N2O9. The zero-order chi connectivity index (χ0) is 26.6. The third kappa shape index (κ3) is 12.2. The molecular weight excluding hydrogens is 460 g/mol. The summed E-state index contributed by atoms with van der Waals surface area (Å²) < 4.78 is 19.9. The monoisotopic (exact) mass is 492 g/mol. The number of methoxy groups -OCH3 is 1. The van der Waals surface area contributed by atoms with E-state index in [0.29, 0.717) is 12.0 Å². The van der Waals surface area contributed by atoms with Crippen LogP contribution in [0, 0.1) is 0 Å². The minimum absolute atomic E-state index is 0.0431. The molecule has 1 rings (SSSR count). The maximum Gasteiger partial charge on any atom is 0.408 e. The molecule has 2 amide bonds. The number of amides is 2. The smallest absolute Gasteiger partial charge is 0.408 e. The normalized spacial score (nSPS) is 11.8. The van der Waals surface area contributed by atoms with Gasteiger partial charge in [0.2, 0.25) is 5.91 Å². The van der Waals surface area contributed by atoms with E-state index < -0.39 is 41.6 Å². The molecule has 0 heterocycles. The molecule has 0 aliphatic carbocycles. The fourth-order valence-electron chi connectivity index (χ4n) is 2.69. The number of benzene rings is 1. The van der Waals surface area contributed by atoms with Crippen molar-refractivity contribution in [1.29, 1.82) is 0 Å². The largest absolute Gasteiger partial charge is 0.467 e. The lowest BCUT2D eigenvalue weighted by atomic mass is 10.1. The van der Waals surface area contributed by atoms with Crippen LogP contribution < -0.4 is 20.1 Å². The molecule has 2 N–H and O–H groups in total. The summed E-state index contributed by atoms with van der Waals surface area (Å²) in [5, 5.41) is 5.13. The van der Waals surface area contributed by atoms with Crippen LogP contribution in [0.2, 0.25) is 0 Å². The predicted molar refractivity (Wildman–Crippen MR) is 126 cm³/mol. The van der Waals surface area contributed by atoms with Gasteiger partial charge in [0.05, 0.1) is 7.11 Å². The summed E-state index contributed by atoms with van der Waals surface area (Å²) in [6, 6.07) is 3.56. The average molecular weight is 493 g/mol. The number of hydrogen-bond donors (Lipinski definition) is 2. The van der Waals surface area contributed by atoms with E-state index in [1.807, 2.05) is 0 Å². The van der Waals surface area contributed by atoms with Crippen molar-refractivity contribution in [1.82, 2.24) is 10.6 Å². The van der Waals surface area contributed by atoms with E-state index in [2.05, 4.69) is 10.6 Å². The summed E-state index contributed by atoms with van der Waals surface area (Å²) in [5.74, 6) is -2.07. The Morgan fingerprint density at radius 1 is 1.00 bits per heavy atom. The molecule has 0 saturated heterocycles. The second kappa shape index (κ2) is 13.7. The molecule has 0 radical (unpaired) electrons. The summed E-state index contributed by atoms with van der Waals surface area (Å²) in [4.78, 5) is 58.5. The Balaban J connectivity index is 2.64. The van der Waals surface area contributed by atoms with Crippen LogP contribution in [0.15, 0.2) is 24.3 Å². The molecule has 0 spiro atoms. The summed E-state index contributed by atoms with van der Waals surface area (Å²) in [5.41, 5.74) is -0.190. The lowest BCUT2D eigenvalue weighted by Crippen LogP contribution is -2.44. The quantitative estimate of drug-likeness (QED) is 0.218. The van der Waals surface area contributed by atoms with E-state index in [4.69, 9.17) is 18.9 Å². The fourth-order valence-corrected chi connectivity index (χ4v) is 2.69. The highest BCUT2D eigenvalue weighted by atomic mass is 16.6. The minimum Gasteiger partial charge on any atom is -0.467 e. The predicted octanol–water partition coefficient (Wildman–Crippen LogP) is 2.51. The summed E-state index contributed by atoms with van der Waals surface area (Å²) >= 11 is 0. The van der Waals surface area contributed by atoms with Crippen LogP contribution >= 0.6 is 0 Å². The maximum absolute atomic E-state index is 12.1. The number of carbonyl (C=O) groups is 5. The van der Waals surface area contributed by atoms with Crippen molar-refractivity contribution in [2.24, 2.45) is 0 Å². The highest BCUT2D eigenvalue weighted by Gasteiger charge is 2.24. The lowest BCUT2D eigenvalue weighted by Gasteiger charge is -2.22. The molecule has 1 aromatic carbocycles. The number of ether oxygens (including phenoxy) is 4. The molecule has 0 fully saturated rings. The number of hydrogen-bond acceptors (Lipinski definition) is 9. The van der Waals surface area contributed by atoms with Crippen LogP contribution in [-0.4, -0.2) is 55.2 Å². The van der Waals surface area contributed by atoms with Gasteiger partial charge in [0.25, 0.3) is 0 Å². The minimum atomic E-state index is -0.919. The van der Waals surface area contributed by atoms with Crippen molar-refractivity contribution in [3.8, 4) is 11.5 Å². The third-order valence-electron chi connectivity index (χ3n) is 4.05. The van der Waals surface area contributed by atoms with Gasteiger partial charge in [-0.2, -0.15) is 0 Å². The van der Waals surface area contributed by atoms with Crippen molar-refractivity contribution < 1.29 is 42.9 Å². The molecule has 11 nitrogen and oxygen atoms in total. The van der Waals surface area contributed by atoms with E-state index >= 15 is 0 Å². The van der Waals surface area contributed by atoms with Crippen molar-refractivity contribution >= 4 is 36.0 Å². The van der Waals surface area contributed by atoms with Gasteiger partial charge >= 0.3 is 24.0 Å². The lowest BCUT2D eigenvalue weighted by molar-refractivity contribution is -0.143. The van der Waals surface area contributed by atoms with Gasteiger partial charge in [-0.15, -0.1) is 0 Å². The number of rotatable bonds is 10. The van der Waals surface area contributed by atoms with Crippen LogP contribution in [0.4, 0.5) is 4.79 Å². The molecule has 11 heteroatoms. The summed E-state index contributed by atoms with van der Waals surface area (Å²) in [6.07, 6.45) is 2.62. The first-order chi connectivity index (χ1) is 16.3. The second-order valence-corrected chi connectivity index (χ2v) is 8.38. The first kappa shape index (κ1) is 29.1. The zero-order valence-corrected chi connectivity index (χ0v) is 20.8. The summed E-state index contributed by atoms with van der Waals surface area (Å²) in [7, 11) is 1.21. The van der Waals surface area contributed by atoms with Crippen LogP contribution in [-0.2, 0) is 28.7 Å². The highest BCUT2D eigenvalue weighted by Crippen LogP contribution is 2.29. The van der Waals surface area contributed by atoms with Gasteiger partial charge in [0, 0.05) is 26.5 Å². The van der Waals surface area contributed by atoms with Gasteiger partial charge in [-0.25, -0.2) is 9.59 Å². The van der Waals surface area contributed by atoms with E-state index in [1.165, 1.54) is 45.2 Å². The van der Waals surface area contributed by atoms with Crippen LogP contribution in [0.3, 0.4) is 0 Å². The van der Waals surface area contributed by atoms with Gasteiger partial charge in [-0.05, 0) is 57.4 Å². The Morgan fingerprint density at radius 2 is 1.63 bits per heavy atom. The Bertz CT molecular complexity index is 964. The average Bonchev–Trinajstić information content (AvgIpc) is 2.73. The molecule has 35 heavy (non-hydrogen) atoms. The van der Waals surface area contributed by atoms with Crippen molar-refractivity contribution in [3.63, 3.8) is 0 Å². The number of carbonyl (C=O) groups excluding carboxylic acids is 5. The van der Waals surface area contributed by atoms with Gasteiger partial charge < -0.3 is 29.6 Å². The van der Waals surface area contributed by atoms with Crippen LogP contribution in [0.1, 0.15) is 53.0 Å². The van der Waals surface area contributed by atoms with E-state index in [-0.39, 0.29) is 24.5 Å². The Hall–Kier alpha value is -3.89. The Kier molecular flexibility index (Phi) is 11.4. The van der Waals surface area contributed by atoms with Gasteiger partial charge in [-0.3, -0.25) is 14.4 Å². The first-order valence-corrected chi connectivity index (χ1v) is 10.8. The molecule has 1 atom stereocenters. The molecule has 0 unspecified atom stereocenters. The highest BCUT2D eigenvalue weighted by molar-refractivity contribution is 5.91. The van der Waals surface area contributed by atoms with Crippen molar-refractivity contribution in [2.45, 2.75) is 59.1 Å². The molecule has 0 saturated carbocycles. The Morgan fingerprint density at radius 3 is 2.20 bits per heavy atom. The summed E-state index contributed by atoms with van der Waals surface area (Å²) in [6.45, 7) is 7.77. The fraction of sp³-hybridized carbons (Fsp3) is 0.458. The zero-order valence-electron chi connectivity index (χ0n) is 20.8. The maximum atomic E-state index is 12.1. The van der Waals surface area contributed by atoms with Crippen molar-refractivity contribution in [2.75, 3.05) is 13.7 Å². The van der Waals surface area contributed by atoms with Crippen LogP contribution in [0.25, 0.3) is 6.08 Å². The molecule has 0 aliphatic heterocycles. The first-order valence-electron chi connectivity index (χ1n) is 10.8. The Labute approximate surface area is 204 Å². The molecule has 0 bridgehead atoms. The molecule has 0 aromatic heterocycles. The second-order valence-electron chi connectivity index (χ2n) is 8.38. The number of esters is 3. The van der Waals surface area contributed by atoms with Gasteiger partial charge in [0.15, 0.2) is 11.5 Å². The number of alkyl carbamates (subject to hydrolysis) is 1. The SMILES string of the molecule is COC(=O)[C@H](CCCNC(=O)/C=C/c1ccc(OC(C)=O)c(OC(C)=O)c1)NC(=O)OC(C)(C)C. The van der Waals surface area contributed by atoms with Crippen molar-refractivity contribution in [3.05, 3.63) is 29.8 Å². The molecule has 1 aromatic rings. The van der Waals surface area contributed by atoms with E-state index in [0.717, 1.165) is 0 Å². The molecule has 192 valence electrons. The third-order valence-corrected chi connectivity index (χ3v) is 4.05. The molecule has 0 aliphatic rings. The van der Waals surface area contributed by atoms with E-state index in [1.54, 1.807) is 26.8 Å². The topological polar surface area (TPSA) is 146 Å². The van der Waals surface area contributed by atoms with Gasteiger partial charge in [-0.1, -0.05) is 6.07 Å². The standard InChI is InChI=1S/C24H32N2O9/c1-15(27)33-19-11-9-17(14-20(19)34-16(2)28)10-12-21(29)25-13-7-8-18(22(30)32-6)26-23(31)35-24(3,4)5/h9-12,14,18H,7-8,13H2,1-6H3,(H,25,29)(H,26,31)/b12-10+/t18-/m0/s1. The number of nitrogens with one attached hydrogen (secondary N) is 2. The van der Waals surface area contributed by atoms with Crippen LogP contribution in [0.5, 0.6) is 11.5 Å². The van der Waals surface area contributed by atoms with E-state index in [9.17, 15) is 24.0 Å².